The number of carbonyl (C=O) groups excluding carboxylic acids is 1. The van der Waals surface area contributed by atoms with E-state index in [1.807, 2.05) is 12.1 Å². The molecule has 4 rings (SSSR count). The fourth-order valence-corrected chi connectivity index (χ4v) is 4.16. The quantitative estimate of drug-likeness (QED) is 0.311. The van der Waals surface area contributed by atoms with E-state index in [4.69, 9.17) is 18.7 Å². The zero-order valence-corrected chi connectivity index (χ0v) is 17.8. The van der Waals surface area contributed by atoms with Gasteiger partial charge in [0.15, 0.2) is 5.76 Å². The second-order valence-electron chi connectivity index (χ2n) is 6.10. The van der Waals surface area contributed by atoms with E-state index in [0.717, 1.165) is 14.3 Å². The van der Waals surface area contributed by atoms with E-state index >= 15 is 0 Å². The molecule has 0 spiro atoms. The van der Waals surface area contributed by atoms with Gasteiger partial charge in [-0.2, -0.15) is 0 Å². The van der Waals surface area contributed by atoms with Gasteiger partial charge in [-0.05, 0) is 58.4 Å². The third-order valence-electron chi connectivity index (χ3n) is 4.13. The topological polar surface area (TPSA) is 89.9 Å². The Bertz CT molecular complexity index is 1240. The van der Waals surface area contributed by atoms with Crippen LogP contribution in [-0.4, -0.2) is 16.9 Å². The van der Waals surface area contributed by atoms with Crippen LogP contribution in [0.2, 0.25) is 0 Å². The zero-order valence-electron chi connectivity index (χ0n) is 14.6. The number of aromatic carboxylic acids is 1. The van der Waals surface area contributed by atoms with E-state index in [9.17, 15) is 9.59 Å². The van der Waals surface area contributed by atoms with E-state index in [1.54, 1.807) is 30.3 Å². The fourth-order valence-electron chi connectivity index (χ4n) is 2.82. The lowest BCUT2D eigenvalue weighted by atomic mass is 10.1. The van der Waals surface area contributed by atoms with Gasteiger partial charge in [-0.25, -0.2) is 4.79 Å². The number of ether oxygens (including phenoxy) is 1. The van der Waals surface area contributed by atoms with Crippen molar-refractivity contribution < 1.29 is 28.3 Å². The largest absolute Gasteiger partial charge is 0.485 e. The second kappa shape index (κ2) is 7.88. The number of ketones is 1. The summed E-state index contributed by atoms with van der Waals surface area (Å²) in [6, 6.07) is 15.0. The standard InChI is InChI=1S/C21H12Br2O6/c22-12-7-11-8-18(29-20(11)15(23)9-12)19(24)14-3-1-2-4-16(14)27-10-13-5-6-17(28-13)21(25)26/h1-9H,10H2,(H,25,26). The van der Waals surface area contributed by atoms with Gasteiger partial charge in [-0.1, -0.05) is 28.1 Å². The SMILES string of the molecule is O=C(O)c1ccc(COc2ccccc2C(=O)c2cc3cc(Br)cc(Br)c3o2)o1. The Labute approximate surface area is 181 Å². The van der Waals surface area contributed by atoms with Gasteiger partial charge in [0.25, 0.3) is 0 Å². The summed E-state index contributed by atoms with van der Waals surface area (Å²) in [5.41, 5.74) is 0.901. The first-order valence-electron chi connectivity index (χ1n) is 8.39. The van der Waals surface area contributed by atoms with Crippen molar-refractivity contribution in [2.24, 2.45) is 0 Å². The summed E-state index contributed by atoms with van der Waals surface area (Å²) in [4.78, 5) is 23.9. The smallest absolute Gasteiger partial charge is 0.371 e. The van der Waals surface area contributed by atoms with Gasteiger partial charge in [0, 0.05) is 9.86 Å². The van der Waals surface area contributed by atoms with Crippen molar-refractivity contribution in [3.8, 4) is 5.75 Å². The number of furan rings is 2. The minimum absolute atomic E-state index is 0.0177. The summed E-state index contributed by atoms with van der Waals surface area (Å²) in [5, 5.41) is 9.71. The molecule has 4 aromatic rings. The van der Waals surface area contributed by atoms with Crippen molar-refractivity contribution in [3.05, 3.63) is 86.4 Å². The number of carboxylic acids is 1. The summed E-state index contributed by atoms with van der Waals surface area (Å²) < 4.78 is 18.2. The van der Waals surface area contributed by atoms with E-state index in [2.05, 4.69) is 31.9 Å². The van der Waals surface area contributed by atoms with Gasteiger partial charge in [-0.3, -0.25) is 4.79 Å². The molecule has 0 saturated carbocycles. The van der Waals surface area contributed by atoms with Crippen molar-refractivity contribution in [1.29, 1.82) is 0 Å². The molecular weight excluding hydrogens is 508 g/mol. The van der Waals surface area contributed by atoms with E-state index in [-0.39, 0.29) is 23.9 Å². The van der Waals surface area contributed by atoms with Gasteiger partial charge < -0.3 is 18.7 Å². The van der Waals surface area contributed by atoms with Gasteiger partial charge >= 0.3 is 5.97 Å². The molecule has 29 heavy (non-hydrogen) atoms. The Kier molecular flexibility index (Phi) is 5.29. The number of fused-ring (bicyclic) bond motifs is 1. The minimum Gasteiger partial charge on any atom is -0.485 e. The summed E-state index contributed by atoms with van der Waals surface area (Å²) >= 11 is 6.85. The second-order valence-corrected chi connectivity index (χ2v) is 7.87. The van der Waals surface area contributed by atoms with Crippen LogP contribution in [0.3, 0.4) is 0 Å². The lowest BCUT2D eigenvalue weighted by molar-refractivity contribution is 0.0658. The number of para-hydroxylation sites is 1. The highest BCUT2D eigenvalue weighted by Gasteiger charge is 2.20. The molecule has 146 valence electrons. The number of hydrogen-bond donors (Lipinski definition) is 1. The minimum atomic E-state index is -1.16. The Morgan fingerprint density at radius 2 is 1.76 bits per heavy atom. The summed E-state index contributed by atoms with van der Waals surface area (Å²) in [6.07, 6.45) is 0. The molecule has 0 aliphatic carbocycles. The van der Waals surface area contributed by atoms with Gasteiger partial charge in [-0.15, -0.1) is 0 Å². The van der Waals surface area contributed by atoms with Crippen molar-refractivity contribution in [2.75, 3.05) is 0 Å². The molecule has 0 amide bonds. The van der Waals surface area contributed by atoms with Crippen LogP contribution >= 0.6 is 31.9 Å². The zero-order chi connectivity index (χ0) is 20.5. The summed E-state index contributed by atoms with van der Waals surface area (Å²) in [5.74, 6) is -0.804. The average molecular weight is 520 g/mol. The molecule has 0 atom stereocenters. The molecule has 2 heterocycles. The highest BCUT2D eigenvalue weighted by atomic mass is 79.9. The highest BCUT2D eigenvalue weighted by molar-refractivity contribution is 9.11. The van der Waals surface area contributed by atoms with Crippen LogP contribution in [0, 0.1) is 0 Å². The average Bonchev–Trinajstić information content (AvgIpc) is 3.33. The normalized spacial score (nSPS) is 11.0. The van der Waals surface area contributed by atoms with Crippen molar-refractivity contribution in [3.63, 3.8) is 0 Å². The molecule has 0 bridgehead atoms. The first-order valence-corrected chi connectivity index (χ1v) is 9.98. The number of benzene rings is 2. The number of carboxylic acid groups (broad SMARTS) is 1. The molecule has 1 N–H and O–H groups in total. The van der Waals surface area contributed by atoms with Crippen LogP contribution < -0.4 is 4.74 Å². The number of halogens is 2. The Hall–Kier alpha value is -2.84. The van der Waals surface area contributed by atoms with Crippen LogP contribution in [0.25, 0.3) is 11.0 Å². The Morgan fingerprint density at radius 1 is 0.966 bits per heavy atom. The first-order chi connectivity index (χ1) is 13.9. The number of carbonyl (C=O) groups is 2. The Balaban J connectivity index is 1.61. The predicted octanol–water partition coefficient (Wildman–Crippen LogP) is 6.06. The molecule has 0 aliphatic rings. The molecule has 6 nitrogen and oxygen atoms in total. The first kappa shape index (κ1) is 19.5. The predicted molar refractivity (Wildman–Crippen MR) is 111 cm³/mol. The van der Waals surface area contributed by atoms with Crippen molar-refractivity contribution in [2.45, 2.75) is 6.61 Å². The summed E-state index contributed by atoms with van der Waals surface area (Å²) in [6.45, 7) is -0.0177. The van der Waals surface area contributed by atoms with Crippen LogP contribution in [0.4, 0.5) is 0 Å². The van der Waals surface area contributed by atoms with E-state index in [0.29, 0.717) is 22.7 Å². The highest BCUT2D eigenvalue weighted by Crippen LogP contribution is 2.32. The molecule has 2 aromatic heterocycles. The molecule has 0 fully saturated rings. The van der Waals surface area contributed by atoms with Gasteiger partial charge in [0.05, 0.1) is 10.0 Å². The lowest BCUT2D eigenvalue weighted by Gasteiger charge is -2.08. The maximum Gasteiger partial charge on any atom is 0.371 e. The molecular formula is C21H12Br2O6. The maximum absolute atomic E-state index is 13.0. The molecule has 2 aromatic carbocycles. The van der Waals surface area contributed by atoms with Gasteiger partial charge in [0.1, 0.15) is 23.7 Å². The fraction of sp³-hybridized carbons (Fsp3) is 0.0476. The lowest BCUT2D eigenvalue weighted by Crippen LogP contribution is -2.04. The molecule has 0 aliphatic heterocycles. The molecule has 0 radical (unpaired) electrons. The van der Waals surface area contributed by atoms with Gasteiger partial charge in [0.2, 0.25) is 11.5 Å². The third-order valence-corrected chi connectivity index (χ3v) is 5.18. The third kappa shape index (κ3) is 3.99. The number of hydrogen-bond acceptors (Lipinski definition) is 5. The van der Waals surface area contributed by atoms with Crippen LogP contribution in [-0.2, 0) is 6.61 Å². The molecule has 8 heteroatoms. The monoisotopic (exact) mass is 518 g/mol. The van der Waals surface area contributed by atoms with Crippen molar-refractivity contribution in [1.82, 2.24) is 0 Å². The Morgan fingerprint density at radius 3 is 2.52 bits per heavy atom. The van der Waals surface area contributed by atoms with E-state index < -0.39 is 5.97 Å². The maximum atomic E-state index is 13.0. The number of rotatable bonds is 6. The summed E-state index contributed by atoms with van der Waals surface area (Å²) in [7, 11) is 0. The van der Waals surface area contributed by atoms with E-state index in [1.165, 1.54) is 12.1 Å². The van der Waals surface area contributed by atoms with Crippen LogP contribution in [0.15, 0.2) is 72.4 Å². The van der Waals surface area contributed by atoms with Crippen LogP contribution in [0.1, 0.15) is 32.4 Å². The molecule has 0 unspecified atom stereocenters. The van der Waals surface area contributed by atoms with Crippen LogP contribution in [0.5, 0.6) is 5.75 Å². The van der Waals surface area contributed by atoms with Crippen molar-refractivity contribution >= 4 is 54.6 Å². The molecule has 0 saturated heterocycles.